The zero-order valence-electron chi connectivity index (χ0n) is 17.5. The summed E-state index contributed by atoms with van der Waals surface area (Å²) in [4.78, 5) is 35.4. The lowest BCUT2D eigenvalue weighted by molar-refractivity contribution is -0.142. The number of carbonyl (C=O) groups is 3. The highest BCUT2D eigenvalue weighted by molar-refractivity contribution is 5.92. The molecule has 0 heterocycles. The first kappa shape index (κ1) is 22.0. The number of aliphatic carboxylic acids is 1. The van der Waals surface area contributed by atoms with Crippen LogP contribution in [0.5, 0.6) is 0 Å². The van der Waals surface area contributed by atoms with Crippen LogP contribution in [0.4, 0.5) is 4.79 Å². The summed E-state index contributed by atoms with van der Waals surface area (Å²) in [5.41, 5.74) is 9.79. The van der Waals surface area contributed by atoms with Crippen molar-refractivity contribution in [1.82, 2.24) is 5.32 Å². The van der Waals surface area contributed by atoms with Crippen molar-refractivity contribution in [2.75, 3.05) is 6.61 Å². The van der Waals surface area contributed by atoms with Gasteiger partial charge >= 0.3 is 12.1 Å². The van der Waals surface area contributed by atoms with Crippen LogP contribution in [0.3, 0.4) is 0 Å². The number of fused-ring (bicyclic) bond motifs is 3. The largest absolute Gasteiger partial charge is 0.480 e. The van der Waals surface area contributed by atoms with Crippen LogP contribution in [0.1, 0.15) is 39.1 Å². The number of nitrogens with one attached hydrogen (secondary N) is 1. The molecule has 2 atom stereocenters. The van der Waals surface area contributed by atoms with E-state index in [9.17, 15) is 24.6 Å². The Morgan fingerprint density at radius 2 is 1.45 bits per heavy atom. The van der Waals surface area contributed by atoms with Crippen LogP contribution >= 0.6 is 0 Å². The zero-order valence-corrected chi connectivity index (χ0v) is 17.5. The van der Waals surface area contributed by atoms with Crippen molar-refractivity contribution in [3.63, 3.8) is 0 Å². The smallest absolute Gasteiger partial charge is 0.407 e. The first-order valence-corrected chi connectivity index (χ1v) is 10.3. The first-order chi connectivity index (χ1) is 15.9. The molecule has 5 N–H and O–H groups in total. The van der Waals surface area contributed by atoms with E-state index in [4.69, 9.17) is 10.5 Å². The molecule has 4 rings (SSSR count). The number of rotatable bonds is 7. The summed E-state index contributed by atoms with van der Waals surface area (Å²) in [6.45, 7) is 0.00953. The SMILES string of the molecule is NC(=O)c1ccc([C@H](O)[C@H](NC(=O)OCC2c3ccccc3-c3ccccc32)C(=O)O)cc1. The summed E-state index contributed by atoms with van der Waals surface area (Å²) in [7, 11) is 0. The molecule has 2 amide bonds. The number of alkyl carbamates (subject to hydrolysis) is 1. The van der Waals surface area contributed by atoms with Gasteiger partial charge in [-0.05, 0) is 39.9 Å². The lowest BCUT2D eigenvalue weighted by Crippen LogP contribution is -2.45. The van der Waals surface area contributed by atoms with Gasteiger partial charge in [-0.15, -0.1) is 0 Å². The van der Waals surface area contributed by atoms with E-state index in [1.165, 1.54) is 24.3 Å². The topological polar surface area (TPSA) is 139 Å². The fourth-order valence-corrected chi connectivity index (χ4v) is 4.08. The molecule has 0 unspecified atom stereocenters. The van der Waals surface area contributed by atoms with E-state index in [0.29, 0.717) is 0 Å². The quantitative estimate of drug-likeness (QED) is 0.440. The Labute approximate surface area is 189 Å². The Balaban J connectivity index is 1.45. The maximum atomic E-state index is 12.4. The third-order valence-electron chi connectivity index (χ3n) is 5.74. The molecule has 3 aromatic rings. The zero-order chi connectivity index (χ0) is 23.5. The molecular formula is C25H22N2O6. The van der Waals surface area contributed by atoms with Gasteiger partial charge in [0.25, 0.3) is 0 Å². The highest BCUT2D eigenvalue weighted by Crippen LogP contribution is 2.44. The summed E-state index contributed by atoms with van der Waals surface area (Å²) >= 11 is 0. The fourth-order valence-electron chi connectivity index (χ4n) is 4.08. The third-order valence-corrected chi connectivity index (χ3v) is 5.74. The van der Waals surface area contributed by atoms with Gasteiger partial charge in [0.2, 0.25) is 5.91 Å². The van der Waals surface area contributed by atoms with Gasteiger partial charge in [0.15, 0.2) is 6.04 Å². The number of aliphatic hydroxyl groups excluding tert-OH is 1. The molecule has 168 valence electrons. The molecule has 0 saturated heterocycles. The molecule has 0 spiro atoms. The molecule has 8 nitrogen and oxygen atoms in total. The highest BCUT2D eigenvalue weighted by Gasteiger charge is 2.32. The van der Waals surface area contributed by atoms with Crippen molar-refractivity contribution in [3.8, 4) is 11.1 Å². The number of ether oxygens (including phenoxy) is 1. The van der Waals surface area contributed by atoms with Crippen molar-refractivity contribution in [3.05, 3.63) is 95.1 Å². The number of aliphatic hydroxyl groups is 1. The molecule has 0 aromatic heterocycles. The molecular weight excluding hydrogens is 424 g/mol. The average Bonchev–Trinajstić information content (AvgIpc) is 3.14. The predicted molar refractivity (Wildman–Crippen MR) is 120 cm³/mol. The van der Waals surface area contributed by atoms with Gasteiger partial charge in [-0.3, -0.25) is 4.79 Å². The maximum Gasteiger partial charge on any atom is 0.407 e. The fraction of sp³-hybridized carbons (Fsp3) is 0.160. The summed E-state index contributed by atoms with van der Waals surface area (Å²) < 4.78 is 5.37. The van der Waals surface area contributed by atoms with Gasteiger partial charge in [-0.25, -0.2) is 9.59 Å². The lowest BCUT2D eigenvalue weighted by atomic mass is 9.98. The van der Waals surface area contributed by atoms with Crippen LogP contribution in [0.25, 0.3) is 11.1 Å². The van der Waals surface area contributed by atoms with Crippen LogP contribution in [-0.4, -0.2) is 40.8 Å². The number of benzene rings is 3. The van der Waals surface area contributed by atoms with Crippen LogP contribution in [0.15, 0.2) is 72.8 Å². The number of amides is 2. The molecule has 33 heavy (non-hydrogen) atoms. The monoisotopic (exact) mass is 446 g/mol. The molecule has 0 fully saturated rings. The molecule has 0 bridgehead atoms. The second-order valence-corrected chi connectivity index (χ2v) is 7.72. The minimum atomic E-state index is -1.65. The number of nitrogens with two attached hydrogens (primary N) is 1. The molecule has 1 aliphatic rings. The van der Waals surface area contributed by atoms with Crippen LogP contribution in [0.2, 0.25) is 0 Å². The third kappa shape index (κ3) is 4.42. The van der Waals surface area contributed by atoms with Gasteiger partial charge in [0.1, 0.15) is 12.7 Å². The van der Waals surface area contributed by atoms with E-state index in [-0.39, 0.29) is 23.7 Å². The van der Waals surface area contributed by atoms with Crippen LogP contribution in [-0.2, 0) is 9.53 Å². The van der Waals surface area contributed by atoms with Crippen LogP contribution in [0, 0.1) is 0 Å². The van der Waals surface area contributed by atoms with Gasteiger partial charge in [-0.2, -0.15) is 0 Å². The van der Waals surface area contributed by atoms with Crippen molar-refractivity contribution >= 4 is 18.0 Å². The van der Waals surface area contributed by atoms with Crippen molar-refractivity contribution in [2.45, 2.75) is 18.1 Å². The van der Waals surface area contributed by atoms with E-state index in [2.05, 4.69) is 5.32 Å². The Morgan fingerprint density at radius 3 is 1.97 bits per heavy atom. The van der Waals surface area contributed by atoms with Crippen molar-refractivity contribution < 1.29 is 29.3 Å². The lowest BCUT2D eigenvalue weighted by Gasteiger charge is -2.21. The first-order valence-electron chi connectivity index (χ1n) is 10.3. The molecule has 0 saturated carbocycles. The van der Waals surface area contributed by atoms with Crippen molar-refractivity contribution in [1.29, 1.82) is 0 Å². The van der Waals surface area contributed by atoms with Gasteiger partial charge in [0.05, 0.1) is 0 Å². The minimum Gasteiger partial charge on any atom is -0.480 e. The van der Waals surface area contributed by atoms with E-state index >= 15 is 0 Å². The van der Waals surface area contributed by atoms with E-state index in [1.807, 2.05) is 48.5 Å². The normalized spacial score (nSPS) is 14.0. The minimum absolute atomic E-state index is 0.00953. The number of hydrogen-bond donors (Lipinski definition) is 4. The molecule has 3 aromatic carbocycles. The van der Waals surface area contributed by atoms with Gasteiger partial charge in [-0.1, -0.05) is 60.7 Å². The van der Waals surface area contributed by atoms with E-state index < -0.39 is 30.1 Å². The second-order valence-electron chi connectivity index (χ2n) is 7.72. The predicted octanol–water partition coefficient (Wildman–Crippen LogP) is 2.81. The second kappa shape index (κ2) is 9.13. The molecule has 8 heteroatoms. The Hall–Kier alpha value is -4.17. The van der Waals surface area contributed by atoms with Crippen LogP contribution < -0.4 is 11.1 Å². The van der Waals surface area contributed by atoms with Gasteiger partial charge in [0, 0.05) is 11.5 Å². The highest BCUT2D eigenvalue weighted by atomic mass is 16.5. The number of hydrogen-bond acceptors (Lipinski definition) is 5. The standard InChI is InChI=1S/C25H22N2O6/c26-23(29)15-11-9-14(10-12-15)22(28)21(24(30)31)27-25(32)33-13-20-18-7-3-1-5-16(18)17-6-2-4-8-19(17)20/h1-12,20-22,28H,13H2,(H2,26,29)(H,27,32)(H,30,31)/t21-,22-/m0/s1. The summed E-state index contributed by atoms with van der Waals surface area (Å²) in [6.07, 6.45) is -2.53. The molecule has 0 aliphatic heterocycles. The Morgan fingerprint density at radius 1 is 0.909 bits per heavy atom. The number of carboxylic acids is 1. The van der Waals surface area contributed by atoms with Gasteiger partial charge < -0.3 is 26.0 Å². The number of primary amides is 1. The summed E-state index contributed by atoms with van der Waals surface area (Å²) in [5.74, 6) is -2.27. The Bertz CT molecular complexity index is 1160. The van der Waals surface area contributed by atoms with Crippen molar-refractivity contribution in [2.24, 2.45) is 5.73 Å². The summed E-state index contributed by atoms with van der Waals surface area (Å²) in [6, 6.07) is 19.5. The average molecular weight is 446 g/mol. The Kier molecular flexibility index (Phi) is 6.10. The summed E-state index contributed by atoms with van der Waals surface area (Å²) in [5, 5.41) is 22.3. The number of carbonyl (C=O) groups excluding carboxylic acids is 2. The maximum absolute atomic E-state index is 12.4. The van der Waals surface area contributed by atoms with E-state index in [0.717, 1.165) is 22.3 Å². The number of carboxylic acid groups (broad SMARTS) is 1. The molecule has 1 aliphatic carbocycles. The molecule has 0 radical (unpaired) electrons. The van der Waals surface area contributed by atoms with E-state index in [1.54, 1.807) is 0 Å².